The van der Waals surface area contributed by atoms with Crippen LogP contribution in [0.1, 0.15) is 11.1 Å². The van der Waals surface area contributed by atoms with E-state index < -0.39 is 10.0 Å². The Hall–Kier alpha value is -2.23. The number of halogens is 1. The maximum atomic E-state index is 12.3. The fourth-order valence-electron chi connectivity index (χ4n) is 1.72. The summed E-state index contributed by atoms with van der Waals surface area (Å²) in [6, 6.07) is 10.1. The van der Waals surface area contributed by atoms with Crippen molar-refractivity contribution in [3.05, 3.63) is 52.5 Å². The second kappa shape index (κ2) is 5.64. The molecule has 0 fully saturated rings. The number of nitrogens with one attached hydrogen (secondary N) is 1. The van der Waals surface area contributed by atoms with E-state index in [-0.39, 0.29) is 21.4 Å². The Labute approximate surface area is 127 Å². The van der Waals surface area contributed by atoms with Gasteiger partial charge in [-0.25, -0.2) is 8.42 Å². The molecule has 2 N–H and O–H groups in total. The number of rotatable bonds is 3. The number of aromatic hydroxyl groups is 1. The van der Waals surface area contributed by atoms with E-state index in [0.29, 0.717) is 11.1 Å². The molecule has 2 aromatic carbocycles. The van der Waals surface area contributed by atoms with Gasteiger partial charge in [0.1, 0.15) is 5.75 Å². The highest BCUT2D eigenvalue weighted by Crippen LogP contribution is 2.28. The van der Waals surface area contributed by atoms with Crippen LogP contribution in [0.4, 0.5) is 5.69 Å². The SMILES string of the molecule is Cc1cc(S(=O)(=O)Nc2ccc(O)cc2Cl)ccc1C#N. The predicted molar refractivity (Wildman–Crippen MR) is 79.8 cm³/mol. The summed E-state index contributed by atoms with van der Waals surface area (Å²) in [5.74, 6) is -0.0582. The summed E-state index contributed by atoms with van der Waals surface area (Å²) in [7, 11) is -3.82. The van der Waals surface area contributed by atoms with E-state index in [2.05, 4.69) is 4.72 Å². The van der Waals surface area contributed by atoms with Gasteiger partial charge < -0.3 is 5.11 Å². The molecular weight excluding hydrogens is 312 g/mol. The minimum atomic E-state index is -3.82. The molecule has 0 saturated heterocycles. The van der Waals surface area contributed by atoms with E-state index in [1.54, 1.807) is 6.92 Å². The highest BCUT2D eigenvalue weighted by molar-refractivity contribution is 7.92. The Morgan fingerprint density at radius 3 is 2.52 bits per heavy atom. The van der Waals surface area contributed by atoms with Gasteiger partial charge in [0.05, 0.1) is 27.2 Å². The lowest BCUT2D eigenvalue weighted by Crippen LogP contribution is -2.13. The van der Waals surface area contributed by atoms with Crippen molar-refractivity contribution in [1.82, 2.24) is 0 Å². The fourth-order valence-corrected chi connectivity index (χ4v) is 3.16. The molecule has 0 atom stereocenters. The molecule has 0 spiro atoms. The summed E-state index contributed by atoms with van der Waals surface area (Å²) in [6.07, 6.45) is 0. The van der Waals surface area contributed by atoms with Crippen molar-refractivity contribution in [2.24, 2.45) is 0 Å². The molecule has 0 heterocycles. The first-order valence-corrected chi connectivity index (χ1v) is 7.71. The van der Waals surface area contributed by atoms with Crippen LogP contribution < -0.4 is 4.72 Å². The molecule has 21 heavy (non-hydrogen) atoms. The summed E-state index contributed by atoms with van der Waals surface area (Å²) in [6.45, 7) is 1.66. The van der Waals surface area contributed by atoms with Crippen molar-refractivity contribution in [2.45, 2.75) is 11.8 Å². The molecule has 7 heteroatoms. The van der Waals surface area contributed by atoms with Crippen LogP contribution in [0.15, 0.2) is 41.3 Å². The van der Waals surface area contributed by atoms with Crippen LogP contribution >= 0.6 is 11.6 Å². The number of nitrogens with zero attached hydrogens (tertiary/aromatic N) is 1. The van der Waals surface area contributed by atoms with Crippen LogP contribution in [0.5, 0.6) is 5.75 Å². The zero-order valence-corrected chi connectivity index (χ0v) is 12.5. The first-order chi connectivity index (χ1) is 9.83. The van der Waals surface area contributed by atoms with Crippen LogP contribution in [0, 0.1) is 18.3 Å². The second-order valence-electron chi connectivity index (χ2n) is 4.36. The standard InChI is InChI=1S/C14H11ClN2O3S/c1-9-6-12(4-2-10(9)8-16)21(19,20)17-14-5-3-11(18)7-13(14)15/h2-7,17-18H,1H3. The lowest BCUT2D eigenvalue weighted by Gasteiger charge is -2.10. The monoisotopic (exact) mass is 322 g/mol. The molecule has 0 radical (unpaired) electrons. The van der Waals surface area contributed by atoms with Gasteiger partial charge in [0.25, 0.3) is 10.0 Å². The number of hydrogen-bond donors (Lipinski definition) is 2. The van der Waals surface area contributed by atoms with Gasteiger partial charge in [-0.15, -0.1) is 0 Å². The molecule has 2 aromatic rings. The van der Waals surface area contributed by atoms with E-state index in [4.69, 9.17) is 16.9 Å². The topological polar surface area (TPSA) is 90.2 Å². The number of aryl methyl sites for hydroxylation is 1. The summed E-state index contributed by atoms with van der Waals surface area (Å²) >= 11 is 5.87. The molecule has 0 unspecified atom stereocenters. The van der Waals surface area contributed by atoms with Gasteiger partial charge in [-0.1, -0.05) is 11.6 Å². The third kappa shape index (κ3) is 3.27. The van der Waals surface area contributed by atoms with Crippen molar-refractivity contribution in [3.63, 3.8) is 0 Å². The van der Waals surface area contributed by atoms with E-state index in [9.17, 15) is 13.5 Å². The van der Waals surface area contributed by atoms with Crippen molar-refractivity contribution in [1.29, 1.82) is 5.26 Å². The van der Waals surface area contributed by atoms with Crippen molar-refractivity contribution >= 4 is 27.3 Å². The molecule has 2 rings (SSSR count). The zero-order valence-electron chi connectivity index (χ0n) is 11.0. The van der Waals surface area contributed by atoms with E-state index in [1.807, 2.05) is 6.07 Å². The third-order valence-electron chi connectivity index (χ3n) is 2.83. The second-order valence-corrected chi connectivity index (χ2v) is 6.45. The molecule has 0 bridgehead atoms. The number of anilines is 1. The Balaban J connectivity index is 2.39. The normalized spacial score (nSPS) is 10.9. The molecule has 0 aliphatic rings. The number of phenolic OH excluding ortho intramolecular Hbond substituents is 1. The van der Waals surface area contributed by atoms with Crippen LogP contribution in [0.3, 0.4) is 0 Å². The smallest absolute Gasteiger partial charge is 0.261 e. The largest absolute Gasteiger partial charge is 0.508 e. The van der Waals surface area contributed by atoms with E-state index >= 15 is 0 Å². The Kier molecular flexibility index (Phi) is 4.07. The Morgan fingerprint density at radius 2 is 1.95 bits per heavy atom. The zero-order chi connectivity index (χ0) is 15.6. The molecule has 0 aromatic heterocycles. The lowest BCUT2D eigenvalue weighted by molar-refractivity contribution is 0.475. The minimum absolute atomic E-state index is 0.0307. The lowest BCUT2D eigenvalue weighted by atomic mass is 10.1. The molecule has 0 aliphatic carbocycles. The molecule has 0 amide bonds. The number of nitriles is 1. The Bertz CT molecular complexity index is 842. The summed E-state index contributed by atoms with van der Waals surface area (Å²) in [5.41, 5.74) is 1.14. The van der Waals surface area contributed by atoms with E-state index in [0.717, 1.165) is 0 Å². The first-order valence-electron chi connectivity index (χ1n) is 5.85. The van der Waals surface area contributed by atoms with Crippen LogP contribution in [0.25, 0.3) is 0 Å². The molecule has 0 saturated carbocycles. The summed E-state index contributed by atoms with van der Waals surface area (Å²) in [4.78, 5) is 0.0307. The van der Waals surface area contributed by atoms with Crippen molar-refractivity contribution < 1.29 is 13.5 Å². The maximum Gasteiger partial charge on any atom is 0.261 e. The predicted octanol–water partition coefficient (Wildman–Crippen LogP) is 3.03. The molecule has 0 aliphatic heterocycles. The summed E-state index contributed by atoms with van der Waals surface area (Å²) in [5, 5.41) is 18.2. The number of hydrogen-bond acceptors (Lipinski definition) is 4. The number of sulfonamides is 1. The maximum absolute atomic E-state index is 12.3. The highest BCUT2D eigenvalue weighted by Gasteiger charge is 2.17. The van der Waals surface area contributed by atoms with Gasteiger partial charge in [-0.05, 0) is 42.8 Å². The fraction of sp³-hybridized carbons (Fsp3) is 0.0714. The van der Waals surface area contributed by atoms with Crippen LogP contribution in [-0.4, -0.2) is 13.5 Å². The average molecular weight is 323 g/mol. The van der Waals surface area contributed by atoms with Crippen molar-refractivity contribution in [2.75, 3.05) is 4.72 Å². The van der Waals surface area contributed by atoms with Crippen LogP contribution in [0.2, 0.25) is 5.02 Å². The highest BCUT2D eigenvalue weighted by atomic mass is 35.5. The van der Waals surface area contributed by atoms with Gasteiger partial charge in [-0.2, -0.15) is 5.26 Å². The van der Waals surface area contributed by atoms with Crippen LogP contribution in [-0.2, 0) is 10.0 Å². The van der Waals surface area contributed by atoms with Gasteiger partial charge in [-0.3, -0.25) is 4.72 Å². The van der Waals surface area contributed by atoms with Gasteiger partial charge in [0, 0.05) is 6.07 Å². The third-order valence-corrected chi connectivity index (χ3v) is 4.50. The molecular formula is C14H11ClN2O3S. The number of phenols is 1. The average Bonchev–Trinajstić information content (AvgIpc) is 2.42. The van der Waals surface area contributed by atoms with Gasteiger partial charge in [0.15, 0.2) is 0 Å². The van der Waals surface area contributed by atoms with Gasteiger partial charge >= 0.3 is 0 Å². The van der Waals surface area contributed by atoms with Crippen molar-refractivity contribution in [3.8, 4) is 11.8 Å². The Morgan fingerprint density at radius 1 is 1.24 bits per heavy atom. The molecule has 108 valence electrons. The van der Waals surface area contributed by atoms with Gasteiger partial charge in [0.2, 0.25) is 0 Å². The first kappa shape index (κ1) is 15.2. The minimum Gasteiger partial charge on any atom is -0.508 e. The van der Waals surface area contributed by atoms with E-state index in [1.165, 1.54) is 36.4 Å². The number of benzene rings is 2. The molecule has 5 nitrogen and oxygen atoms in total. The summed E-state index contributed by atoms with van der Waals surface area (Å²) < 4.78 is 26.9. The quantitative estimate of drug-likeness (QED) is 0.850.